The predicted octanol–water partition coefficient (Wildman–Crippen LogP) is 2.57. The van der Waals surface area contributed by atoms with Gasteiger partial charge in [-0.1, -0.05) is 25.0 Å². The van der Waals surface area contributed by atoms with Crippen LogP contribution < -0.4 is 5.73 Å². The Hall–Kier alpha value is -1.06. The third-order valence-corrected chi connectivity index (χ3v) is 3.71. The fourth-order valence-electron chi connectivity index (χ4n) is 2.60. The Balaban J connectivity index is 1.82. The molecular formula is C15H24N2O. The van der Waals surface area contributed by atoms with Crippen molar-refractivity contribution in [2.75, 3.05) is 25.4 Å². The molecule has 3 N–H and O–H groups in total. The second-order valence-electron chi connectivity index (χ2n) is 5.23. The van der Waals surface area contributed by atoms with Gasteiger partial charge in [-0.25, -0.2) is 0 Å². The molecule has 0 radical (unpaired) electrons. The molecule has 0 aliphatic carbocycles. The lowest BCUT2D eigenvalue weighted by Crippen LogP contribution is -2.26. The van der Waals surface area contributed by atoms with Gasteiger partial charge in [0.25, 0.3) is 0 Å². The minimum Gasteiger partial charge on any atom is -0.399 e. The summed E-state index contributed by atoms with van der Waals surface area (Å²) in [6, 6.07) is 7.57. The summed E-state index contributed by atoms with van der Waals surface area (Å²) in [7, 11) is 0. The Morgan fingerprint density at radius 1 is 1.17 bits per heavy atom. The Bertz CT molecular complexity index is 359. The first-order valence-corrected chi connectivity index (χ1v) is 7.01. The molecule has 1 aliphatic heterocycles. The first kappa shape index (κ1) is 13.4. The smallest absolute Gasteiger partial charge is 0.0803 e. The molecule has 1 aromatic rings. The maximum Gasteiger partial charge on any atom is 0.0803 e. The first-order chi connectivity index (χ1) is 8.75. The maximum atomic E-state index is 10.2. The summed E-state index contributed by atoms with van der Waals surface area (Å²) in [5.41, 5.74) is 7.39. The number of likely N-dealkylation sites (tertiary alicyclic amines) is 1. The van der Waals surface area contributed by atoms with Gasteiger partial charge in [0.05, 0.1) is 6.10 Å². The molecule has 2 rings (SSSR count). The SMILES string of the molecule is Nc1cccc(C(O)CCN2CCCCCC2)c1. The van der Waals surface area contributed by atoms with Gasteiger partial charge in [-0.3, -0.25) is 0 Å². The summed E-state index contributed by atoms with van der Waals surface area (Å²) >= 11 is 0. The summed E-state index contributed by atoms with van der Waals surface area (Å²) in [5, 5.41) is 10.2. The quantitative estimate of drug-likeness (QED) is 0.805. The number of aliphatic hydroxyl groups excluding tert-OH is 1. The molecule has 1 heterocycles. The molecular weight excluding hydrogens is 224 g/mol. The normalized spacial score (nSPS) is 19.4. The highest BCUT2D eigenvalue weighted by Crippen LogP contribution is 2.20. The van der Waals surface area contributed by atoms with E-state index in [0.717, 1.165) is 24.2 Å². The fourth-order valence-corrected chi connectivity index (χ4v) is 2.60. The van der Waals surface area contributed by atoms with Crippen molar-refractivity contribution in [2.45, 2.75) is 38.2 Å². The third-order valence-electron chi connectivity index (χ3n) is 3.71. The molecule has 3 nitrogen and oxygen atoms in total. The number of nitrogens with zero attached hydrogens (tertiary/aromatic N) is 1. The van der Waals surface area contributed by atoms with E-state index < -0.39 is 6.10 Å². The highest BCUT2D eigenvalue weighted by Gasteiger charge is 2.12. The van der Waals surface area contributed by atoms with E-state index in [1.807, 2.05) is 24.3 Å². The van der Waals surface area contributed by atoms with Crippen LogP contribution in [0.1, 0.15) is 43.8 Å². The molecule has 1 atom stereocenters. The fraction of sp³-hybridized carbons (Fsp3) is 0.600. The lowest BCUT2D eigenvalue weighted by atomic mass is 10.1. The largest absolute Gasteiger partial charge is 0.399 e. The number of rotatable bonds is 4. The lowest BCUT2D eigenvalue weighted by molar-refractivity contribution is 0.143. The molecule has 1 saturated heterocycles. The van der Waals surface area contributed by atoms with E-state index in [0.29, 0.717) is 0 Å². The van der Waals surface area contributed by atoms with Crippen LogP contribution in [0.3, 0.4) is 0 Å². The van der Waals surface area contributed by atoms with Gasteiger partial charge < -0.3 is 15.7 Å². The van der Waals surface area contributed by atoms with Gasteiger partial charge in [0.15, 0.2) is 0 Å². The Kier molecular flexibility index (Phi) is 5.02. The number of benzene rings is 1. The van der Waals surface area contributed by atoms with Gasteiger partial charge in [-0.05, 0) is 50.0 Å². The number of hydrogen-bond acceptors (Lipinski definition) is 3. The zero-order chi connectivity index (χ0) is 12.8. The highest BCUT2D eigenvalue weighted by molar-refractivity contribution is 5.41. The van der Waals surface area contributed by atoms with Crippen molar-refractivity contribution in [3.05, 3.63) is 29.8 Å². The number of aliphatic hydroxyl groups is 1. The van der Waals surface area contributed by atoms with E-state index >= 15 is 0 Å². The molecule has 100 valence electrons. The molecule has 1 fully saturated rings. The number of hydrogen-bond donors (Lipinski definition) is 2. The molecule has 0 spiro atoms. The molecule has 1 unspecified atom stereocenters. The molecule has 0 aromatic heterocycles. The van der Waals surface area contributed by atoms with Crippen molar-refractivity contribution in [1.29, 1.82) is 0 Å². The van der Waals surface area contributed by atoms with E-state index in [9.17, 15) is 5.11 Å². The lowest BCUT2D eigenvalue weighted by Gasteiger charge is -2.21. The van der Waals surface area contributed by atoms with Crippen molar-refractivity contribution in [2.24, 2.45) is 0 Å². The second-order valence-corrected chi connectivity index (χ2v) is 5.23. The first-order valence-electron chi connectivity index (χ1n) is 7.01. The molecule has 0 amide bonds. The van der Waals surface area contributed by atoms with Gasteiger partial charge in [0, 0.05) is 12.2 Å². The van der Waals surface area contributed by atoms with Crippen molar-refractivity contribution in [1.82, 2.24) is 4.90 Å². The zero-order valence-electron chi connectivity index (χ0n) is 11.0. The van der Waals surface area contributed by atoms with Gasteiger partial charge >= 0.3 is 0 Å². The van der Waals surface area contributed by atoms with Crippen LogP contribution in [0.15, 0.2) is 24.3 Å². The number of nitrogen functional groups attached to an aromatic ring is 1. The topological polar surface area (TPSA) is 49.5 Å². The Labute approximate surface area is 110 Å². The van der Waals surface area contributed by atoms with Gasteiger partial charge in [0.1, 0.15) is 0 Å². The van der Waals surface area contributed by atoms with Crippen LogP contribution >= 0.6 is 0 Å². The molecule has 0 bridgehead atoms. The Morgan fingerprint density at radius 2 is 1.89 bits per heavy atom. The van der Waals surface area contributed by atoms with E-state index in [1.165, 1.54) is 38.8 Å². The van der Waals surface area contributed by atoms with E-state index in [4.69, 9.17) is 5.73 Å². The van der Waals surface area contributed by atoms with Crippen molar-refractivity contribution in [3.63, 3.8) is 0 Å². The molecule has 1 aromatic carbocycles. The monoisotopic (exact) mass is 248 g/mol. The average molecular weight is 248 g/mol. The van der Waals surface area contributed by atoms with Crippen LogP contribution in [-0.2, 0) is 0 Å². The van der Waals surface area contributed by atoms with Crippen molar-refractivity contribution >= 4 is 5.69 Å². The summed E-state index contributed by atoms with van der Waals surface area (Å²) in [5.74, 6) is 0. The third kappa shape index (κ3) is 4.00. The predicted molar refractivity (Wildman–Crippen MR) is 75.3 cm³/mol. The van der Waals surface area contributed by atoms with Crippen LogP contribution in [0, 0.1) is 0 Å². The molecule has 1 aliphatic rings. The highest BCUT2D eigenvalue weighted by atomic mass is 16.3. The minimum atomic E-state index is -0.392. The van der Waals surface area contributed by atoms with Crippen LogP contribution in [0.5, 0.6) is 0 Å². The van der Waals surface area contributed by atoms with Gasteiger partial charge in [-0.2, -0.15) is 0 Å². The van der Waals surface area contributed by atoms with E-state index in [1.54, 1.807) is 0 Å². The summed E-state index contributed by atoms with van der Waals surface area (Å²) in [4.78, 5) is 2.47. The van der Waals surface area contributed by atoms with Gasteiger partial charge in [0.2, 0.25) is 0 Å². The molecule has 3 heteroatoms. The van der Waals surface area contributed by atoms with Crippen LogP contribution in [-0.4, -0.2) is 29.6 Å². The summed E-state index contributed by atoms with van der Waals surface area (Å²) < 4.78 is 0. The Morgan fingerprint density at radius 3 is 2.56 bits per heavy atom. The zero-order valence-corrected chi connectivity index (χ0v) is 11.0. The summed E-state index contributed by atoms with van der Waals surface area (Å²) in [6.45, 7) is 3.35. The van der Waals surface area contributed by atoms with E-state index in [2.05, 4.69) is 4.90 Å². The average Bonchev–Trinajstić information content (AvgIpc) is 2.64. The maximum absolute atomic E-state index is 10.2. The molecule has 0 saturated carbocycles. The van der Waals surface area contributed by atoms with Crippen LogP contribution in [0.2, 0.25) is 0 Å². The summed E-state index contributed by atoms with van der Waals surface area (Å²) in [6.07, 6.45) is 5.71. The van der Waals surface area contributed by atoms with Crippen LogP contribution in [0.25, 0.3) is 0 Å². The van der Waals surface area contributed by atoms with Crippen LogP contribution in [0.4, 0.5) is 5.69 Å². The number of anilines is 1. The van der Waals surface area contributed by atoms with Gasteiger partial charge in [-0.15, -0.1) is 0 Å². The molecule has 18 heavy (non-hydrogen) atoms. The number of nitrogens with two attached hydrogens (primary N) is 1. The van der Waals surface area contributed by atoms with E-state index in [-0.39, 0.29) is 0 Å². The second kappa shape index (κ2) is 6.76. The standard InChI is InChI=1S/C15H24N2O/c16-14-7-5-6-13(12-14)15(18)8-11-17-9-3-1-2-4-10-17/h5-7,12,15,18H,1-4,8-11,16H2. The van der Waals surface area contributed by atoms with Crippen molar-refractivity contribution < 1.29 is 5.11 Å². The van der Waals surface area contributed by atoms with Crippen molar-refractivity contribution in [3.8, 4) is 0 Å². The minimum absolute atomic E-state index is 0.392.